The van der Waals surface area contributed by atoms with Crippen LogP contribution in [0.1, 0.15) is 11.1 Å². The monoisotopic (exact) mass is 263 g/mol. The van der Waals surface area contributed by atoms with Crippen molar-refractivity contribution in [2.24, 2.45) is 0 Å². The molecule has 2 aromatic rings. The van der Waals surface area contributed by atoms with E-state index in [4.69, 9.17) is 11.2 Å². The van der Waals surface area contributed by atoms with Gasteiger partial charge in [-0.25, -0.2) is 0 Å². The molecule has 1 aliphatic rings. The zero-order valence-electron chi connectivity index (χ0n) is 11.4. The van der Waals surface area contributed by atoms with Gasteiger partial charge in [-0.2, -0.15) is 0 Å². The zero-order valence-corrected chi connectivity index (χ0v) is 11.4. The van der Waals surface area contributed by atoms with Gasteiger partial charge in [-0.3, -0.25) is 0 Å². The van der Waals surface area contributed by atoms with Gasteiger partial charge in [0.1, 0.15) is 12.4 Å². The van der Waals surface area contributed by atoms with Crippen molar-refractivity contribution in [1.29, 1.82) is 0 Å². The summed E-state index contributed by atoms with van der Waals surface area (Å²) in [7, 11) is 0. The molecule has 3 rings (SSSR count). The Bertz CT molecular complexity index is 625. The lowest BCUT2D eigenvalue weighted by atomic mass is 9.99. The minimum absolute atomic E-state index is 0.316. The first-order valence-electron chi connectivity index (χ1n) is 6.85. The average molecular weight is 263 g/mol. The molecule has 0 N–H and O–H groups in total. The summed E-state index contributed by atoms with van der Waals surface area (Å²) >= 11 is 0. The van der Waals surface area contributed by atoms with Crippen LogP contribution < -0.4 is 9.64 Å². The van der Waals surface area contributed by atoms with Crippen molar-refractivity contribution in [3.63, 3.8) is 0 Å². The highest BCUT2D eigenvalue weighted by atomic mass is 16.5. The summed E-state index contributed by atoms with van der Waals surface area (Å²) in [6.07, 6.45) is 6.29. The van der Waals surface area contributed by atoms with Gasteiger partial charge in [0, 0.05) is 18.8 Å². The van der Waals surface area contributed by atoms with Gasteiger partial charge in [0.05, 0.1) is 0 Å². The number of ether oxygens (including phenoxy) is 1. The largest absolute Gasteiger partial charge is 0.481 e. The highest BCUT2D eigenvalue weighted by Crippen LogP contribution is 2.25. The predicted octanol–water partition coefficient (Wildman–Crippen LogP) is 3.26. The molecular formula is C18H17NO. The summed E-state index contributed by atoms with van der Waals surface area (Å²) < 4.78 is 5.40. The summed E-state index contributed by atoms with van der Waals surface area (Å²) in [6, 6.07) is 16.8. The molecule has 20 heavy (non-hydrogen) atoms. The summed E-state index contributed by atoms with van der Waals surface area (Å²) in [6.45, 7) is 2.35. The van der Waals surface area contributed by atoms with Crippen molar-refractivity contribution in [2.75, 3.05) is 18.1 Å². The van der Waals surface area contributed by atoms with E-state index in [1.54, 1.807) is 0 Å². The van der Waals surface area contributed by atoms with E-state index in [1.165, 1.54) is 16.8 Å². The summed E-state index contributed by atoms with van der Waals surface area (Å²) in [5, 5.41) is 0. The molecule has 2 nitrogen and oxygen atoms in total. The number of terminal acetylenes is 1. The standard InChI is InChI=1S/C18H17NO/c1-2-13-20-18-9-7-17(8-10-18)19-12-11-15-5-3-4-6-16(15)14-19/h1,3-10H,11-14H2. The van der Waals surface area contributed by atoms with E-state index >= 15 is 0 Å². The van der Waals surface area contributed by atoms with Crippen molar-refractivity contribution in [3.8, 4) is 18.1 Å². The Morgan fingerprint density at radius 3 is 2.55 bits per heavy atom. The number of hydrogen-bond donors (Lipinski definition) is 0. The number of hydrogen-bond acceptors (Lipinski definition) is 2. The normalized spacial score (nSPS) is 13.4. The third-order valence-corrected chi connectivity index (χ3v) is 3.65. The fraction of sp³-hybridized carbons (Fsp3) is 0.222. The Morgan fingerprint density at radius 1 is 1.05 bits per heavy atom. The van der Waals surface area contributed by atoms with E-state index in [9.17, 15) is 0 Å². The molecular weight excluding hydrogens is 246 g/mol. The first kappa shape index (κ1) is 12.6. The Balaban J connectivity index is 1.73. The quantitative estimate of drug-likeness (QED) is 0.788. The first-order chi connectivity index (χ1) is 9.86. The van der Waals surface area contributed by atoms with Crippen molar-refractivity contribution in [2.45, 2.75) is 13.0 Å². The second kappa shape index (κ2) is 5.71. The molecule has 0 fully saturated rings. The van der Waals surface area contributed by atoms with Gasteiger partial charge >= 0.3 is 0 Å². The van der Waals surface area contributed by atoms with Crippen LogP contribution in [0, 0.1) is 12.3 Å². The minimum Gasteiger partial charge on any atom is -0.481 e. The van der Waals surface area contributed by atoms with Crippen molar-refractivity contribution in [3.05, 3.63) is 59.7 Å². The molecule has 0 aliphatic carbocycles. The number of fused-ring (bicyclic) bond motifs is 1. The van der Waals surface area contributed by atoms with Crippen LogP contribution in [0.5, 0.6) is 5.75 Å². The molecule has 1 heterocycles. The lowest BCUT2D eigenvalue weighted by molar-refractivity contribution is 0.370. The number of benzene rings is 2. The highest BCUT2D eigenvalue weighted by molar-refractivity contribution is 5.51. The molecule has 2 aromatic carbocycles. The van der Waals surface area contributed by atoms with Crippen LogP contribution in [0.2, 0.25) is 0 Å². The Morgan fingerprint density at radius 2 is 1.80 bits per heavy atom. The van der Waals surface area contributed by atoms with Crippen molar-refractivity contribution < 1.29 is 4.74 Å². The summed E-state index contributed by atoms with van der Waals surface area (Å²) in [4.78, 5) is 2.40. The van der Waals surface area contributed by atoms with E-state index in [0.717, 1.165) is 25.3 Å². The minimum atomic E-state index is 0.316. The molecule has 0 unspecified atom stereocenters. The van der Waals surface area contributed by atoms with E-state index in [0.29, 0.717) is 6.61 Å². The molecule has 0 spiro atoms. The molecule has 0 saturated heterocycles. The maximum atomic E-state index is 5.40. The fourth-order valence-electron chi connectivity index (χ4n) is 2.59. The van der Waals surface area contributed by atoms with E-state index in [2.05, 4.69) is 47.2 Å². The molecule has 0 amide bonds. The van der Waals surface area contributed by atoms with Gasteiger partial charge in [-0.05, 0) is 41.8 Å². The topological polar surface area (TPSA) is 12.5 Å². The number of rotatable bonds is 3. The van der Waals surface area contributed by atoms with Crippen molar-refractivity contribution >= 4 is 5.69 Å². The van der Waals surface area contributed by atoms with Crippen LogP contribution >= 0.6 is 0 Å². The third-order valence-electron chi connectivity index (χ3n) is 3.65. The van der Waals surface area contributed by atoms with Crippen LogP contribution in [0.4, 0.5) is 5.69 Å². The lowest BCUT2D eigenvalue weighted by Crippen LogP contribution is -2.30. The molecule has 0 bridgehead atoms. The molecule has 100 valence electrons. The SMILES string of the molecule is C#CCOc1ccc(N2CCc3ccccc3C2)cc1. The first-order valence-corrected chi connectivity index (χ1v) is 6.85. The van der Waals surface area contributed by atoms with Crippen LogP contribution in [-0.2, 0) is 13.0 Å². The second-order valence-electron chi connectivity index (χ2n) is 4.93. The summed E-state index contributed by atoms with van der Waals surface area (Å²) in [5.41, 5.74) is 4.12. The second-order valence-corrected chi connectivity index (χ2v) is 4.93. The Labute approximate surface area is 120 Å². The van der Waals surface area contributed by atoms with Gasteiger partial charge in [-0.15, -0.1) is 6.42 Å². The molecule has 0 radical (unpaired) electrons. The molecule has 0 atom stereocenters. The number of anilines is 1. The van der Waals surface area contributed by atoms with Crippen LogP contribution in [-0.4, -0.2) is 13.2 Å². The van der Waals surface area contributed by atoms with Gasteiger partial charge in [-0.1, -0.05) is 30.2 Å². The van der Waals surface area contributed by atoms with Crippen LogP contribution in [0.15, 0.2) is 48.5 Å². The van der Waals surface area contributed by atoms with E-state index in [-0.39, 0.29) is 0 Å². The molecule has 0 saturated carbocycles. The molecule has 2 heteroatoms. The Hall–Kier alpha value is -2.40. The van der Waals surface area contributed by atoms with E-state index < -0.39 is 0 Å². The van der Waals surface area contributed by atoms with Gasteiger partial charge < -0.3 is 9.64 Å². The van der Waals surface area contributed by atoms with Gasteiger partial charge in [0.25, 0.3) is 0 Å². The third kappa shape index (κ3) is 2.62. The zero-order chi connectivity index (χ0) is 13.8. The number of nitrogens with zero attached hydrogens (tertiary/aromatic N) is 1. The highest BCUT2D eigenvalue weighted by Gasteiger charge is 2.15. The maximum absolute atomic E-state index is 5.40. The average Bonchev–Trinajstić information content (AvgIpc) is 2.53. The predicted molar refractivity (Wildman–Crippen MR) is 82.0 cm³/mol. The van der Waals surface area contributed by atoms with Crippen LogP contribution in [0.3, 0.4) is 0 Å². The molecule has 1 aliphatic heterocycles. The Kier molecular flexibility index (Phi) is 3.60. The van der Waals surface area contributed by atoms with Gasteiger partial charge in [0.15, 0.2) is 0 Å². The van der Waals surface area contributed by atoms with Gasteiger partial charge in [0.2, 0.25) is 0 Å². The smallest absolute Gasteiger partial charge is 0.148 e. The van der Waals surface area contributed by atoms with Crippen molar-refractivity contribution in [1.82, 2.24) is 0 Å². The fourth-order valence-corrected chi connectivity index (χ4v) is 2.59. The summed E-state index contributed by atoms with van der Waals surface area (Å²) in [5.74, 6) is 3.30. The maximum Gasteiger partial charge on any atom is 0.148 e. The van der Waals surface area contributed by atoms with Crippen LogP contribution in [0.25, 0.3) is 0 Å². The molecule has 0 aromatic heterocycles. The van der Waals surface area contributed by atoms with E-state index in [1.807, 2.05) is 12.1 Å². The lowest BCUT2D eigenvalue weighted by Gasteiger charge is -2.30.